The zero-order valence-corrected chi connectivity index (χ0v) is 12.0. The Labute approximate surface area is 122 Å². The molecule has 0 aromatic heterocycles. The summed E-state index contributed by atoms with van der Waals surface area (Å²) in [7, 11) is 0. The highest BCUT2D eigenvalue weighted by Crippen LogP contribution is 2.23. The van der Waals surface area contributed by atoms with Crippen LogP contribution < -0.4 is 5.32 Å². The van der Waals surface area contributed by atoms with E-state index in [1.165, 1.54) is 6.07 Å². The van der Waals surface area contributed by atoms with Gasteiger partial charge in [0.1, 0.15) is 6.04 Å². The highest BCUT2D eigenvalue weighted by molar-refractivity contribution is 6.04. The number of nitro groups is 1. The number of nitro benzene ring substituents is 1. The number of imide groups is 1. The minimum atomic E-state index is -0.485. The number of amides is 3. The molecule has 1 N–H and O–H groups in total. The molecule has 1 aliphatic rings. The van der Waals surface area contributed by atoms with E-state index in [4.69, 9.17) is 0 Å². The first-order valence-electron chi connectivity index (χ1n) is 6.80. The van der Waals surface area contributed by atoms with Gasteiger partial charge in [0.2, 0.25) is 0 Å². The maximum atomic E-state index is 12.1. The van der Waals surface area contributed by atoms with Crippen LogP contribution in [0.15, 0.2) is 18.2 Å². The van der Waals surface area contributed by atoms with Crippen molar-refractivity contribution in [2.45, 2.75) is 39.3 Å². The maximum absolute atomic E-state index is 12.1. The molecule has 7 nitrogen and oxygen atoms in total. The summed E-state index contributed by atoms with van der Waals surface area (Å²) in [6.45, 7) is 3.61. The lowest BCUT2D eigenvalue weighted by atomic mass is 10.1. The first kappa shape index (κ1) is 15.0. The Morgan fingerprint density at radius 2 is 2.10 bits per heavy atom. The van der Waals surface area contributed by atoms with Crippen LogP contribution in [0.2, 0.25) is 0 Å². The molecule has 1 heterocycles. The third kappa shape index (κ3) is 2.86. The molecule has 112 valence electrons. The van der Waals surface area contributed by atoms with Gasteiger partial charge in [0.25, 0.3) is 11.6 Å². The molecule has 21 heavy (non-hydrogen) atoms. The van der Waals surface area contributed by atoms with Gasteiger partial charge in [0.05, 0.1) is 11.5 Å². The third-order valence-corrected chi connectivity index (χ3v) is 3.63. The minimum absolute atomic E-state index is 0.00957. The number of carbonyl (C=O) groups excluding carboxylic acids is 2. The van der Waals surface area contributed by atoms with Crippen molar-refractivity contribution in [3.05, 3.63) is 39.4 Å². The third-order valence-electron chi connectivity index (χ3n) is 3.63. The van der Waals surface area contributed by atoms with E-state index in [-0.39, 0.29) is 18.1 Å². The van der Waals surface area contributed by atoms with Gasteiger partial charge in [-0.15, -0.1) is 0 Å². The Hall–Kier alpha value is -2.44. The van der Waals surface area contributed by atoms with Gasteiger partial charge < -0.3 is 5.32 Å². The van der Waals surface area contributed by atoms with E-state index in [0.717, 1.165) is 11.3 Å². The van der Waals surface area contributed by atoms with Crippen LogP contribution in [0.1, 0.15) is 30.9 Å². The fourth-order valence-corrected chi connectivity index (χ4v) is 2.42. The normalized spacial score (nSPS) is 18.0. The second kappa shape index (κ2) is 5.90. The van der Waals surface area contributed by atoms with Crippen molar-refractivity contribution >= 4 is 17.6 Å². The second-order valence-corrected chi connectivity index (χ2v) is 5.03. The molecule has 1 aliphatic heterocycles. The summed E-state index contributed by atoms with van der Waals surface area (Å²) in [6, 6.07) is 3.73. The molecule has 0 aliphatic carbocycles. The van der Waals surface area contributed by atoms with E-state index in [1.807, 2.05) is 6.92 Å². The molecule has 0 radical (unpaired) electrons. The topological polar surface area (TPSA) is 92.6 Å². The predicted octanol–water partition coefficient (Wildman–Crippen LogP) is 2.12. The van der Waals surface area contributed by atoms with Gasteiger partial charge in [-0.05, 0) is 18.9 Å². The highest BCUT2D eigenvalue weighted by Gasteiger charge is 2.37. The molecule has 1 atom stereocenters. The van der Waals surface area contributed by atoms with Gasteiger partial charge in [0, 0.05) is 11.6 Å². The number of nitrogens with one attached hydrogen (secondary N) is 1. The van der Waals surface area contributed by atoms with Crippen LogP contribution in [0.3, 0.4) is 0 Å². The van der Waals surface area contributed by atoms with E-state index >= 15 is 0 Å². The van der Waals surface area contributed by atoms with Crippen molar-refractivity contribution in [1.82, 2.24) is 10.2 Å². The number of carbonyl (C=O) groups is 2. The predicted molar refractivity (Wildman–Crippen MR) is 75.6 cm³/mol. The summed E-state index contributed by atoms with van der Waals surface area (Å²) in [5.74, 6) is -0.271. The van der Waals surface area contributed by atoms with Crippen LogP contribution in [-0.2, 0) is 11.3 Å². The summed E-state index contributed by atoms with van der Waals surface area (Å²) in [5.41, 5.74) is 1.07. The molecule has 1 fully saturated rings. The Morgan fingerprint density at radius 3 is 2.71 bits per heavy atom. The summed E-state index contributed by atoms with van der Waals surface area (Å²) in [4.78, 5) is 35.6. The van der Waals surface area contributed by atoms with Crippen LogP contribution in [0.25, 0.3) is 0 Å². The summed E-state index contributed by atoms with van der Waals surface area (Å²) in [6.07, 6.45) is 1.38. The molecule has 3 amide bonds. The molecule has 1 aromatic rings. The number of benzene rings is 1. The number of hydrogen-bond acceptors (Lipinski definition) is 4. The molecule has 1 aromatic carbocycles. The van der Waals surface area contributed by atoms with Crippen LogP contribution >= 0.6 is 0 Å². The first-order chi connectivity index (χ1) is 9.95. The number of rotatable bonds is 5. The van der Waals surface area contributed by atoms with Crippen LogP contribution in [0.4, 0.5) is 10.5 Å². The molecule has 0 saturated carbocycles. The van der Waals surface area contributed by atoms with E-state index < -0.39 is 17.0 Å². The summed E-state index contributed by atoms with van der Waals surface area (Å²) in [5, 5.41) is 13.6. The summed E-state index contributed by atoms with van der Waals surface area (Å²) >= 11 is 0. The van der Waals surface area contributed by atoms with Crippen molar-refractivity contribution in [1.29, 1.82) is 0 Å². The maximum Gasteiger partial charge on any atom is 0.325 e. The van der Waals surface area contributed by atoms with Gasteiger partial charge in [-0.3, -0.25) is 19.8 Å². The molecule has 7 heteroatoms. The van der Waals surface area contributed by atoms with Gasteiger partial charge >= 0.3 is 6.03 Å². The smallest absolute Gasteiger partial charge is 0.325 e. The van der Waals surface area contributed by atoms with E-state index in [0.29, 0.717) is 17.5 Å². The molecular formula is C14H17N3O4. The minimum Gasteiger partial charge on any atom is -0.326 e. The van der Waals surface area contributed by atoms with E-state index in [9.17, 15) is 19.7 Å². The van der Waals surface area contributed by atoms with Crippen molar-refractivity contribution in [3.63, 3.8) is 0 Å². The Morgan fingerprint density at radius 1 is 1.38 bits per heavy atom. The fraction of sp³-hybridized carbons (Fsp3) is 0.429. The molecule has 1 saturated heterocycles. The molecular weight excluding hydrogens is 274 g/mol. The fourth-order valence-electron chi connectivity index (χ4n) is 2.42. The first-order valence-corrected chi connectivity index (χ1v) is 6.80. The molecule has 2 rings (SSSR count). The Kier molecular flexibility index (Phi) is 4.21. The molecule has 0 spiro atoms. The number of hydrogen-bond donors (Lipinski definition) is 1. The average molecular weight is 291 g/mol. The Bertz CT molecular complexity index is 600. The molecule has 1 unspecified atom stereocenters. The monoisotopic (exact) mass is 291 g/mol. The quantitative estimate of drug-likeness (QED) is 0.511. The van der Waals surface area contributed by atoms with Gasteiger partial charge in [-0.1, -0.05) is 25.5 Å². The standard InChI is InChI=1S/C14H17N3O4/c1-3-5-11-13(18)16(14(19)15-11)8-10-6-4-7-12(9(10)2)17(20)21/h4,6-7,11H,3,5,8H2,1-2H3,(H,15,19). The van der Waals surface area contributed by atoms with Crippen LogP contribution in [0, 0.1) is 17.0 Å². The Balaban J connectivity index is 2.23. The SMILES string of the molecule is CCCC1NC(=O)N(Cc2cccc([N+](=O)[O-])c2C)C1=O. The van der Waals surface area contributed by atoms with E-state index in [2.05, 4.69) is 5.32 Å². The van der Waals surface area contributed by atoms with E-state index in [1.54, 1.807) is 19.1 Å². The molecule has 0 bridgehead atoms. The lowest BCUT2D eigenvalue weighted by Gasteiger charge is -2.14. The highest BCUT2D eigenvalue weighted by atomic mass is 16.6. The zero-order chi connectivity index (χ0) is 15.6. The van der Waals surface area contributed by atoms with Gasteiger partial charge in [-0.25, -0.2) is 4.79 Å². The largest absolute Gasteiger partial charge is 0.326 e. The van der Waals surface area contributed by atoms with Crippen LogP contribution in [-0.4, -0.2) is 27.8 Å². The lowest BCUT2D eigenvalue weighted by Crippen LogP contribution is -2.31. The number of nitrogens with zero attached hydrogens (tertiary/aromatic N) is 2. The van der Waals surface area contributed by atoms with Crippen molar-refractivity contribution in [2.75, 3.05) is 0 Å². The lowest BCUT2D eigenvalue weighted by molar-refractivity contribution is -0.385. The van der Waals surface area contributed by atoms with Crippen molar-refractivity contribution in [3.8, 4) is 0 Å². The zero-order valence-electron chi connectivity index (χ0n) is 12.0. The average Bonchev–Trinajstić information content (AvgIpc) is 2.69. The van der Waals surface area contributed by atoms with Gasteiger partial charge in [-0.2, -0.15) is 0 Å². The van der Waals surface area contributed by atoms with Gasteiger partial charge in [0.15, 0.2) is 0 Å². The summed E-state index contributed by atoms with van der Waals surface area (Å²) < 4.78 is 0. The number of urea groups is 1. The van der Waals surface area contributed by atoms with Crippen molar-refractivity contribution in [2.24, 2.45) is 0 Å². The van der Waals surface area contributed by atoms with Crippen LogP contribution in [0.5, 0.6) is 0 Å². The second-order valence-electron chi connectivity index (χ2n) is 5.03. The van der Waals surface area contributed by atoms with Crippen molar-refractivity contribution < 1.29 is 14.5 Å².